The molecule has 0 spiro atoms. The van der Waals surface area contributed by atoms with E-state index in [4.69, 9.17) is 16.1 Å². The predicted molar refractivity (Wildman–Crippen MR) is 62.7 cm³/mol. The topological polar surface area (TPSA) is 59.2 Å². The van der Waals surface area contributed by atoms with Crippen LogP contribution in [-0.4, -0.2) is 21.4 Å². The average Bonchev–Trinajstić information content (AvgIpc) is 2.74. The molecule has 1 N–H and O–H groups in total. The Labute approximate surface area is 103 Å². The van der Waals surface area contributed by atoms with Crippen molar-refractivity contribution in [2.24, 2.45) is 0 Å². The SMILES string of the molecule is OC1CC(c2nc(-c3cccc(Cl)c3)no2)C1. The number of halogens is 1. The monoisotopic (exact) mass is 250 g/mol. The van der Waals surface area contributed by atoms with E-state index in [1.54, 1.807) is 12.1 Å². The summed E-state index contributed by atoms with van der Waals surface area (Å²) in [5.41, 5.74) is 0.840. The van der Waals surface area contributed by atoms with Crippen molar-refractivity contribution in [2.75, 3.05) is 0 Å². The summed E-state index contributed by atoms with van der Waals surface area (Å²) in [6.07, 6.45) is 1.19. The lowest BCUT2D eigenvalue weighted by Crippen LogP contribution is -2.26. The van der Waals surface area contributed by atoms with Gasteiger partial charge in [-0.2, -0.15) is 4.98 Å². The summed E-state index contributed by atoms with van der Waals surface area (Å²) >= 11 is 5.90. The van der Waals surface area contributed by atoms with Gasteiger partial charge in [0.1, 0.15) is 0 Å². The summed E-state index contributed by atoms with van der Waals surface area (Å²) < 4.78 is 5.20. The van der Waals surface area contributed by atoms with Gasteiger partial charge in [0.05, 0.1) is 6.10 Å². The van der Waals surface area contributed by atoms with Gasteiger partial charge in [0.25, 0.3) is 0 Å². The minimum atomic E-state index is -0.221. The summed E-state index contributed by atoms with van der Waals surface area (Å²) in [4.78, 5) is 4.33. The van der Waals surface area contributed by atoms with Crippen LogP contribution in [0.25, 0.3) is 11.4 Å². The molecular weight excluding hydrogens is 240 g/mol. The maximum absolute atomic E-state index is 9.23. The Hall–Kier alpha value is -1.39. The van der Waals surface area contributed by atoms with Gasteiger partial charge in [-0.1, -0.05) is 28.9 Å². The highest BCUT2D eigenvalue weighted by atomic mass is 35.5. The zero-order valence-electron chi connectivity index (χ0n) is 9.01. The van der Waals surface area contributed by atoms with E-state index in [-0.39, 0.29) is 12.0 Å². The van der Waals surface area contributed by atoms with Crippen LogP contribution in [0, 0.1) is 0 Å². The van der Waals surface area contributed by atoms with Gasteiger partial charge in [-0.05, 0) is 25.0 Å². The van der Waals surface area contributed by atoms with Gasteiger partial charge in [-0.3, -0.25) is 0 Å². The molecule has 1 aromatic carbocycles. The molecule has 5 heteroatoms. The largest absolute Gasteiger partial charge is 0.393 e. The Bertz CT molecular complexity index is 535. The Morgan fingerprint density at radius 3 is 2.88 bits per heavy atom. The molecule has 2 aromatic rings. The van der Waals surface area contributed by atoms with E-state index in [2.05, 4.69) is 10.1 Å². The smallest absolute Gasteiger partial charge is 0.230 e. The number of benzene rings is 1. The molecule has 0 atom stereocenters. The van der Waals surface area contributed by atoms with Gasteiger partial charge in [-0.15, -0.1) is 0 Å². The third kappa shape index (κ3) is 2.06. The molecule has 0 aliphatic heterocycles. The molecule has 1 heterocycles. The van der Waals surface area contributed by atoms with E-state index in [1.807, 2.05) is 12.1 Å². The number of aromatic nitrogens is 2. The van der Waals surface area contributed by atoms with Crippen LogP contribution in [-0.2, 0) is 0 Å². The first-order chi connectivity index (χ1) is 8.22. The van der Waals surface area contributed by atoms with Gasteiger partial charge in [0.15, 0.2) is 0 Å². The Morgan fingerprint density at radius 2 is 2.18 bits per heavy atom. The van der Waals surface area contributed by atoms with Crippen LogP contribution in [0.15, 0.2) is 28.8 Å². The third-order valence-corrected chi connectivity index (χ3v) is 3.22. The number of aliphatic hydroxyl groups is 1. The van der Waals surface area contributed by atoms with Crippen molar-refractivity contribution in [2.45, 2.75) is 24.9 Å². The van der Waals surface area contributed by atoms with Crippen molar-refractivity contribution in [3.63, 3.8) is 0 Å². The lowest BCUT2D eigenvalue weighted by Gasteiger charge is -2.27. The third-order valence-electron chi connectivity index (χ3n) is 2.99. The molecule has 1 saturated carbocycles. The summed E-state index contributed by atoms with van der Waals surface area (Å²) in [5.74, 6) is 1.35. The van der Waals surface area contributed by atoms with Crippen LogP contribution in [0.2, 0.25) is 5.02 Å². The molecule has 4 nitrogen and oxygen atoms in total. The molecule has 17 heavy (non-hydrogen) atoms. The molecule has 1 aliphatic carbocycles. The molecular formula is C12H11ClN2O2. The molecule has 3 rings (SSSR count). The second-order valence-electron chi connectivity index (χ2n) is 4.29. The first-order valence-corrected chi connectivity index (χ1v) is 5.88. The Kier molecular flexibility index (Phi) is 2.61. The molecule has 0 saturated heterocycles. The van der Waals surface area contributed by atoms with E-state index in [1.165, 1.54) is 0 Å². The van der Waals surface area contributed by atoms with Gasteiger partial charge >= 0.3 is 0 Å². The van der Waals surface area contributed by atoms with Crippen LogP contribution >= 0.6 is 11.6 Å². The van der Waals surface area contributed by atoms with Crippen molar-refractivity contribution >= 4 is 11.6 Å². The van der Waals surface area contributed by atoms with Crippen molar-refractivity contribution < 1.29 is 9.63 Å². The fourth-order valence-corrected chi connectivity index (χ4v) is 2.13. The molecule has 1 aliphatic rings. The summed E-state index contributed by atoms with van der Waals surface area (Å²) in [6, 6.07) is 7.33. The van der Waals surface area contributed by atoms with E-state index >= 15 is 0 Å². The van der Waals surface area contributed by atoms with Crippen LogP contribution in [0.1, 0.15) is 24.7 Å². The van der Waals surface area contributed by atoms with Crippen molar-refractivity contribution in [3.05, 3.63) is 35.2 Å². The summed E-state index contributed by atoms with van der Waals surface area (Å²) in [5, 5.41) is 13.8. The Balaban J connectivity index is 1.85. The van der Waals surface area contributed by atoms with Gasteiger partial charge in [-0.25, -0.2) is 0 Å². The first-order valence-electron chi connectivity index (χ1n) is 5.50. The van der Waals surface area contributed by atoms with Crippen LogP contribution in [0.4, 0.5) is 0 Å². The van der Waals surface area contributed by atoms with Crippen LogP contribution < -0.4 is 0 Å². The van der Waals surface area contributed by atoms with E-state index < -0.39 is 0 Å². The quantitative estimate of drug-likeness (QED) is 0.890. The minimum Gasteiger partial charge on any atom is -0.393 e. The van der Waals surface area contributed by atoms with Crippen molar-refractivity contribution in [1.29, 1.82) is 0 Å². The van der Waals surface area contributed by atoms with Crippen molar-refractivity contribution in [3.8, 4) is 11.4 Å². The van der Waals surface area contributed by atoms with E-state index in [9.17, 15) is 5.11 Å². The molecule has 88 valence electrons. The molecule has 0 radical (unpaired) electrons. The van der Waals surface area contributed by atoms with Gasteiger partial charge in [0.2, 0.25) is 11.7 Å². The Morgan fingerprint density at radius 1 is 1.35 bits per heavy atom. The van der Waals surface area contributed by atoms with Crippen molar-refractivity contribution in [1.82, 2.24) is 10.1 Å². The highest BCUT2D eigenvalue weighted by Gasteiger charge is 2.33. The van der Waals surface area contributed by atoms with Gasteiger partial charge < -0.3 is 9.63 Å². The van der Waals surface area contributed by atoms with E-state index in [0.717, 1.165) is 5.56 Å². The second-order valence-corrected chi connectivity index (χ2v) is 4.73. The normalized spacial score (nSPS) is 23.4. The standard InChI is InChI=1S/C12H11ClN2O2/c13-9-3-1-2-7(4-9)11-14-12(17-15-11)8-5-10(16)6-8/h1-4,8,10,16H,5-6H2. The average molecular weight is 251 g/mol. The molecule has 0 bridgehead atoms. The maximum Gasteiger partial charge on any atom is 0.230 e. The van der Waals surface area contributed by atoms with Crippen LogP contribution in [0.3, 0.4) is 0 Å². The summed E-state index contributed by atoms with van der Waals surface area (Å²) in [7, 11) is 0. The second kappa shape index (κ2) is 4.13. The summed E-state index contributed by atoms with van der Waals surface area (Å²) in [6.45, 7) is 0. The molecule has 0 amide bonds. The highest BCUT2D eigenvalue weighted by Crippen LogP contribution is 2.36. The first kappa shape index (κ1) is 10.7. The zero-order chi connectivity index (χ0) is 11.8. The van der Waals surface area contributed by atoms with Gasteiger partial charge in [0, 0.05) is 16.5 Å². The fourth-order valence-electron chi connectivity index (χ4n) is 1.94. The maximum atomic E-state index is 9.23. The number of rotatable bonds is 2. The fraction of sp³-hybridized carbons (Fsp3) is 0.333. The molecule has 1 aromatic heterocycles. The van der Waals surface area contributed by atoms with E-state index in [0.29, 0.717) is 29.6 Å². The number of nitrogens with zero attached hydrogens (tertiary/aromatic N) is 2. The molecule has 1 fully saturated rings. The number of hydrogen-bond acceptors (Lipinski definition) is 4. The minimum absolute atomic E-state index is 0.199. The lowest BCUT2D eigenvalue weighted by atomic mass is 9.82. The predicted octanol–water partition coefficient (Wildman–Crippen LogP) is 2.63. The zero-order valence-corrected chi connectivity index (χ0v) is 9.76. The lowest BCUT2D eigenvalue weighted by molar-refractivity contribution is 0.0625. The number of hydrogen-bond donors (Lipinski definition) is 1. The number of aliphatic hydroxyl groups excluding tert-OH is 1. The van der Waals surface area contributed by atoms with Crippen LogP contribution in [0.5, 0.6) is 0 Å². The highest BCUT2D eigenvalue weighted by molar-refractivity contribution is 6.30. The molecule has 0 unspecified atom stereocenters.